The third-order valence-electron chi connectivity index (χ3n) is 3.42. The molecule has 2 aromatic rings. The summed E-state index contributed by atoms with van der Waals surface area (Å²) >= 11 is 0. The Morgan fingerprint density at radius 2 is 1.71 bits per heavy atom. The van der Waals surface area contributed by atoms with Crippen molar-refractivity contribution in [3.8, 4) is 5.75 Å². The van der Waals surface area contributed by atoms with E-state index >= 15 is 0 Å². The maximum atomic E-state index is 10.4. The Labute approximate surface area is 128 Å². The highest BCUT2D eigenvalue weighted by Crippen LogP contribution is 2.29. The first-order valence-electron chi connectivity index (χ1n) is 7.57. The van der Waals surface area contributed by atoms with Crippen molar-refractivity contribution in [1.29, 1.82) is 0 Å². The number of aryl methyl sites for hydroxylation is 1. The van der Waals surface area contributed by atoms with Gasteiger partial charge in [0.05, 0.1) is 0 Å². The third kappa shape index (κ3) is 4.30. The smallest absolute Gasteiger partial charge is 0.384 e. The van der Waals surface area contributed by atoms with E-state index in [2.05, 4.69) is 6.07 Å². The maximum absolute atomic E-state index is 10.4. The molecular weight excluding hydrogens is 280 g/mol. The number of hydrogen-bond donors (Lipinski definition) is 1. The van der Waals surface area contributed by atoms with Crippen molar-refractivity contribution < 1.29 is 14.0 Å². The summed E-state index contributed by atoms with van der Waals surface area (Å²) in [7, 11) is -1.15. The summed E-state index contributed by atoms with van der Waals surface area (Å²) < 4.78 is 11.3. The zero-order valence-electron chi connectivity index (χ0n) is 12.8. The normalized spacial score (nSPS) is 11.4. The Bertz CT molecular complexity index is 565. The molecule has 0 amide bonds. The van der Waals surface area contributed by atoms with Gasteiger partial charge in [-0.15, -0.1) is 0 Å². The van der Waals surface area contributed by atoms with E-state index in [0.29, 0.717) is 19.0 Å². The van der Waals surface area contributed by atoms with Crippen LogP contribution in [0.4, 0.5) is 0 Å². The molecule has 113 valence electrons. The fourth-order valence-corrected chi connectivity index (χ4v) is 3.91. The lowest BCUT2D eigenvalue weighted by molar-refractivity contribution is 0.213. The molecule has 0 spiro atoms. The number of phenols is 1. The van der Waals surface area contributed by atoms with Crippen molar-refractivity contribution in [2.24, 2.45) is 0 Å². The second-order valence-corrected chi connectivity index (χ2v) is 6.71. The van der Waals surface area contributed by atoms with E-state index in [1.54, 1.807) is 0 Å². The Morgan fingerprint density at radius 3 is 2.43 bits per heavy atom. The van der Waals surface area contributed by atoms with Gasteiger partial charge in [0.25, 0.3) is 0 Å². The molecule has 2 rings (SSSR count). The predicted octanol–water partition coefficient (Wildman–Crippen LogP) is 4.04. The van der Waals surface area contributed by atoms with Crippen LogP contribution in [0, 0.1) is 0 Å². The quantitative estimate of drug-likeness (QED) is 0.748. The second kappa shape index (κ2) is 8.17. The molecule has 0 fully saturated rings. The van der Waals surface area contributed by atoms with E-state index in [0.717, 1.165) is 35.2 Å². The van der Waals surface area contributed by atoms with Crippen LogP contribution in [-0.2, 0) is 15.3 Å². The van der Waals surface area contributed by atoms with Gasteiger partial charge in [-0.1, -0.05) is 36.4 Å². The van der Waals surface area contributed by atoms with Crippen molar-refractivity contribution in [1.82, 2.24) is 0 Å². The van der Waals surface area contributed by atoms with E-state index < -0.39 is 9.28 Å². The standard InChI is InChI=1S/C17H23O3Si/c1-3-19-21(20-4-2)13-7-9-15-12-11-14-8-5-6-10-16(14)17(15)18/h5-6,8,10-12,18H,3-4,7,9,13H2,1-2H3. The van der Waals surface area contributed by atoms with E-state index in [1.165, 1.54) is 0 Å². The van der Waals surface area contributed by atoms with Crippen LogP contribution in [0.3, 0.4) is 0 Å². The molecule has 1 N–H and O–H groups in total. The topological polar surface area (TPSA) is 38.7 Å². The average Bonchev–Trinajstić information content (AvgIpc) is 2.50. The van der Waals surface area contributed by atoms with E-state index in [1.807, 2.05) is 44.2 Å². The number of aromatic hydroxyl groups is 1. The van der Waals surface area contributed by atoms with Crippen LogP contribution in [0.25, 0.3) is 10.8 Å². The molecule has 3 nitrogen and oxygen atoms in total. The summed E-state index contributed by atoms with van der Waals surface area (Å²) in [6.07, 6.45) is 1.82. The minimum atomic E-state index is -1.15. The molecule has 4 heteroatoms. The van der Waals surface area contributed by atoms with E-state index in [-0.39, 0.29) is 0 Å². The molecule has 0 aliphatic heterocycles. The van der Waals surface area contributed by atoms with Crippen LogP contribution in [0.2, 0.25) is 6.04 Å². The lowest BCUT2D eigenvalue weighted by Crippen LogP contribution is -2.22. The van der Waals surface area contributed by atoms with Crippen molar-refractivity contribution >= 4 is 20.1 Å². The minimum Gasteiger partial charge on any atom is -0.507 e. The van der Waals surface area contributed by atoms with Gasteiger partial charge in [-0.05, 0) is 43.7 Å². The number of rotatable bonds is 8. The summed E-state index contributed by atoms with van der Waals surface area (Å²) in [5.41, 5.74) is 1.00. The first kappa shape index (κ1) is 16.0. The highest BCUT2D eigenvalue weighted by molar-refractivity contribution is 6.44. The molecule has 0 saturated heterocycles. The molecule has 0 aliphatic carbocycles. The van der Waals surface area contributed by atoms with Gasteiger partial charge in [0.15, 0.2) is 0 Å². The third-order valence-corrected chi connectivity index (χ3v) is 5.40. The molecule has 0 saturated carbocycles. The molecule has 0 unspecified atom stereocenters. The first-order chi connectivity index (χ1) is 10.3. The van der Waals surface area contributed by atoms with Gasteiger partial charge in [0.2, 0.25) is 0 Å². The molecule has 0 aliphatic rings. The first-order valence-corrected chi connectivity index (χ1v) is 9.09. The second-order valence-electron chi connectivity index (χ2n) is 4.89. The summed E-state index contributed by atoms with van der Waals surface area (Å²) in [6, 6.07) is 13.0. The zero-order chi connectivity index (χ0) is 15.1. The molecule has 0 heterocycles. The zero-order valence-corrected chi connectivity index (χ0v) is 13.8. The molecule has 21 heavy (non-hydrogen) atoms. The van der Waals surface area contributed by atoms with Crippen LogP contribution >= 0.6 is 0 Å². The monoisotopic (exact) mass is 303 g/mol. The van der Waals surface area contributed by atoms with Crippen LogP contribution in [-0.4, -0.2) is 27.6 Å². The largest absolute Gasteiger partial charge is 0.507 e. The van der Waals surface area contributed by atoms with Crippen molar-refractivity contribution in [3.63, 3.8) is 0 Å². The SMILES string of the molecule is CCO[Si](CCCc1ccc2ccccc2c1O)OCC. The Hall–Kier alpha value is -1.36. The van der Waals surface area contributed by atoms with Gasteiger partial charge in [-0.3, -0.25) is 0 Å². The van der Waals surface area contributed by atoms with Gasteiger partial charge in [-0.25, -0.2) is 0 Å². The molecule has 0 bridgehead atoms. The van der Waals surface area contributed by atoms with Crippen LogP contribution in [0.15, 0.2) is 36.4 Å². The molecule has 1 radical (unpaired) electrons. The average molecular weight is 303 g/mol. The van der Waals surface area contributed by atoms with Crippen LogP contribution in [0.5, 0.6) is 5.75 Å². The lowest BCUT2D eigenvalue weighted by Gasteiger charge is -2.13. The Morgan fingerprint density at radius 1 is 1.00 bits per heavy atom. The Kier molecular flexibility index (Phi) is 6.23. The van der Waals surface area contributed by atoms with Crippen molar-refractivity contribution in [3.05, 3.63) is 42.0 Å². The minimum absolute atomic E-state index is 0.412. The van der Waals surface area contributed by atoms with Crippen LogP contribution < -0.4 is 0 Å². The number of hydrogen-bond acceptors (Lipinski definition) is 3. The van der Waals surface area contributed by atoms with Crippen molar-refractivity contribution in [2.75, 3.05) is 13.2 Å². The summed E-state index contributed by atoms with van der Waals surface area (Å²) in [6.45, 7) is 5.41. The van der Waals surface area contributed by atoms with E-state index in [4.69, 9.17) is 8.85 Å². The van der Waals surface area contributed by atoms with Gasteiger partial charge >= 0.3 is 9.28 Å². The lowest BCUT2D eigenvalue weighted by atomic mass is 10.0. The highest BCUT2D eigenvalue weighted by Gasteiger charge is 2.14. The molecule has 2 aromatic carbocycles. The molecule has 0 aromatic heterocycles. The summed E-state index contributed by atoms with van der Waals surface area (Å²) in [4.78, 5) is 0. The number of phenolic OH excluding ortho intramolecular Hbond substituents is 1. The molecule has 0 atom stereocenters. The van der Waals surface area contributed by atoms with Gasteiger partial charge in [0, 0.05) is 18.6 Å². The Balaban J connectivity index is 1.98. The van der Waals surface area contributed by atoms with Crippen LogP contribution in [0.1, 0.15) is 25.8 Å². The van der Waals surface area contributed by atoms with Gasteiger partial charge in [-0.2, -0.15) is 0 Å². The van der Waals surface area contributed by atoms with Gasteiger partial charge in [0.1, 0.15) is 5.75 Å². The highest BCUT2D eigenvalue weighted by atomic mass is 28.3. The summed E-state index contributed by atoms with van der Waals surface area (Å²) in [5, 5.41) is 12.4. The fourth-order valence-electron chi connectivity index (χ4n) is 2.43. The maximum Gasteiger partial charge on any atom is 0.384 e. The van der Waals surface area contributed by atoms with E-state index in [9.17, 15) is 5.11 Å². The fraction of sp³-hybridized carbons (Fsp3) is 0.412. The number of fused-ring (bicyclic) bond motifs is 1. The molecular formula is C17H23O3Si. The summed E-state index contributed by atoms with van der Waals surface area (Å²) in [5.74, 6) is 0.412. The van der Waals surface area contributed by atoms with Crippen molar-refractivity contribution in [2.45, 2.75) is 32.7 Å². The predicted molar refractivity (Wildman–Crippen MR) is 87.7 cm³/mol. The number of benzene rings is 2. The van der Waals surface area contributed by atoms with Gasteiger partial charge < -0.3 is 14.0 Å².